The molecule has 2 aromatic rings. The first-order valence-electron chi connectivity index (χ1n) is 7.79. The summed E-state index contributed by atoms with van der Waals surface area (Å²) in [5.74, 6) is -0.114. The molecule has 1 amide bonds. The first-order chi connectivity index (χ1) is 11.7. The Hall–Kier alpha value is -1.63. The second-order valence-electron chi connectivity index (χ2n) is 5.61. The molecule has 0 saturated carbocycles. The van der Waals surface area contributed by atoms with Gasteiger partial charge < -0.3 is 4.90 Å². The van der Waals surface area contributed by atoms with E-state index in [1.54, 1.807) is 0 Å². The van der Waals surface area contributed by atoms with Gasteiger partial charge in [-0.2, -0.15) is 0 Å². The molecule has 7 heteroatoms. The van der Waals surface area contributed by atoms with Gasteiger partial charge in [-0.1, -0.05) is 53.7 Å². The van der Waals surface area contributed by atoms with Crippen molar-refractivity contribution in [1.82, 2.24) is 19.8 Å². The summed E-state index contributed by atoms with van der Waals surface area (Å²) in [6, 6.07) is 10.4. The molecule has 0 spiro atoms. The van der Waals surface area contributed by atoms with Crippen molar-refractivity contribution in [2.24, 2.45) is 0 Å². The van der Waals surface area contributed by atoms with E-state index in [9.17, 15) is 4.79 Å². The van der Waals surface area contributed by atoms with Crippen LogP contribution in [0.5, 0.6) is 0 Å². The standard InChI is InChI=1S/C17H19ClN4OS/c1-24-17-19-11-14(18)15(20-17)16(23)22-9-7-21(8-10-22)12-13-5-3-2-4-6-13/h2-6,11H,7-10,12H2,1H3. The number of amides is 1. The predicted molar refractivity (Wildman–Crippen MR) is 96.4 cm³/mol. The van der Waals surface area contributed by atoms with Crippen LogP contribution in [0.2, 0.25) is 5.02 Å². The van der Waals surface area contributed by atoms with Gasteiger partial charge in [-0.25, -0.2) is 9.97 Å². The number of hydrogen-bond acceptors (Lipinski definition) is 5. The van der Waals surface area contributed by atoms with Crippen LogP contribution in [0.25, 0.3) is 0 Å². The average Bonchev–Trinajstić information content (AvgIpc) is 2.63. The van der Waals surface area contributed by atoms with Crippen LogP contribution in [0.3, 0.4) is 0 Å². The highest BCUT2D eigenvalue weighted by molar-refractivity contribution is 7.98. The Morgan fingerprint density at radius 1 is 1.21 bits per heavy atom. The van der Waals surface area contributed by atoms with Gasteiger partial charge in [0, 0.05) is 32.7 Å². The Bertz CT molecular complexity index is 705. The zero-order valence-corrected chi connectivity index (χ0v) is 15.1. The number of carbonyl (C=O) groups is 1. The molecule has 5 nitrogen and oxygen atoms in total. The van der Waals surface area contributed by atoms with Crippen LogP contribution in [0.4, 0.5) is 0 Å². The third-order valence-corrected chi connectivity index (χ3v) is 4.85. The van der Waals surface area contributed by atoms with Crippen LogP contribution in [-0.2, 0) is 6.54 Å². The van der Waals surface area contributed by atoms with Crippen LogP contribution < -0.4 is 0 Å². The molecule has 1 aromatic carbocycles. The van der Waals surface area contributed by atoms with E-state index in [4.69, 9.17) is 11.6 Å². The summed E-state index contributed by atoms with van der Waals surface area (Å²) in [6.07, 6.45) is 3.37. The number of thioether (sulfide) groups is 1. The second-order valence-corrected chi connectivity index (χ2v) is 6.79. The fourth-order valence-electron chi connectivity index (χ4n) is 2.70. The van der Waals surface area contributed by atoms with E-state index >= 15 is 0 Å². The minimum absolute atomic E-state index is 0.114. The summed E-state index contributed by atoms with van der Waals surface area (Å²) < 4.78 is 0. The predicted octanol–water partition coefficient (Wildman–Crippen LogP) is 2.81. The monoisotopic (exact) mass is 362 g/mol. The Kier molecular flexibility index (Phi) is 5.71. The molecule has 1 saturated heterocycles. The highest BCUT2D eigenvalue weighted by atomic mass is 35.5. The van der Waals surface area contributed by atoms with Gasteiger partial charge in [0.05, 0.1) is 11.2 Å². The Balaban J connectivity index is 1.61. The van der Waals surface area contributed by atoms with E-state index in [1.807, 2.05) is 17.2 Å². The highest BCUT2D eigenvalue weighted by Gasteiger charge is 2.25. The Morgan fingerprint density at radius 2 is 1.92 bits per heavy atom. The maximum Gasteiger partial charge on any atom is 0.274 e. The lowest BCUT2D eigenvalue weighted by atomic mass is 10.2. The van der Waals surface area contributed by atoms with E-state index in [0.29, 0.717) is 29.0 Å². The molecule has 126 valence electrons. The molecule has 1 aliphatic heterocycles. The normalized spacial score (nSPS) is 15.5. The van der Waals surface area contributed by atoms with Crippen molar-refractivity contribution >= 4 is 29.3 Å². The van der Waals surface area contributed by atoms with Gasteiger partial charge in [0.15, 0.2) is 10.9 Å². The van der Waals surface area contributed by atoms with Crippen molar-refractivity contribution in [3.8, 4) is 0 Å². The second kappa shape index (κ2) is 7.96. The molecule has 24 heavy (non-hydrogen) atoms. The van der Waals surface area contributed by atoms with Crippen LogP contribution in [0.15, 0.2) is 41.7 Å². The molecule has 0 radical (unpaired) electrons. The summed E-state index contributed by atoms with van der Waals surface area (Å²) in [4.78, 5) is 25.2. The van der Waals surface area contributed by atoms with Crippen molar-refractivity contribution in [3.63, 3.8) is 0 Å². The molecule has 0 aliphatic carbocycles. The first kappa shape index (κ1) is 17.2. The zero-order chi connectivity index (χ0) is 16.9. The van der Waals surface area contributed by atoms with Crippen LogP contribution in [0, 0.1) is 0 Å². The summed E-state index contributed by atoms with van der Waals surface area (Å²) >= 11 is 7.51. The molecule has 2 heterocycles. The van der Waals surface area contributed by atoms with Crippen LogP contribution in [0.1, 0.15) is 16.1 Å². The lowest BCUT2D eigenvalue weighted by molar-refractivity contribution is 0.0622. The third-order valence-electron chi connectivity index (χ3n) is 4.02. The topological polar surface area (TPSA) is 49.3 Å². The van der Waals surface area contributed by atoms with Gasteiger partial charge in [0.25, 0.3) is 5.91 Å². The summed E-state index contributed by atoms with van der Waals surface area (Å²) in [5.41, 5.74) is 1.59. The molecule has 3 rings (SSSR count). The van der Waals surface area contributed by atoms with Crippen molar-refractivity contribution in [3.05, 3.63) is 52.8 Å². The van der Waals surface area contributed by atoms with Gasteiger partial charge >= 0.3 is 0 Å². The van der Waals surface area contributed by atoms with E-state index in [1.165, 1.54) is 23.5 Å². The minimum atomic E-state index is -0.114. The number of nitrogens with zero attached hydrogens (tertiary/aromatic N) is 4. The quantitative estimate of drug-likeness (QED) is 0.618. The fraction of sp³-hybridized carbons (Fsp3) is 0.353. The third kappa shape index (κ3) is 4.06. The first-order valence-corrected chi connectivity index (χ1v) is 9.39. The molecule has 0 N–H and O–H groups in total. The number of carbonyl (C=O) groups excluding carboxylic acids is 1. The smallest absolute Gasteiger partial charge is 0.274 e. The summed E-state index contributed by atoms with van der Waals surface area (Å²) in [7, 11) is 0. The van der Waals surface area contributed by atoms with E-state index in [2.05, 4.69) is 39.1 Å². The van der Waals surface area contributed by atoms with E-state index in [-0.39, 0.29) is 5.91 Å². The number of halogens is 1. The summed E-state index contributed by atoms with van der Waals surface area (Å²) in [6.45, 7) is 3.96. The van der Waals surface area contributed by atoms with Crippen molar-refractivity contribution < 1.29 is 4.79 Å². The van der Waals surface area contributed by atoms with Gasteiger partial charge in [0.1, 0.15) is 0 Å². The van der Waals surface area contributed by atoms with Gasteiger partial charge in [-0.05, 0) is 11.8 Å². The fourth-order valence-corrected chi connectivity index (χ4v) is 3.21. The molecule has 0 unspecified atom stereocenters. The molecular formula is C17H19ClN4OS. The van der Waals surface area contributed by atoms with E-state index in [0.717, 1.165) is 19.6 Å². The molecule has 1 fully saturated rings. The molecule has 0 bridgehead atoms. The van der Waals surface area contributed by atoms with Crippen LogP contribution in [-0.4, -0.2) is 58.1 Å². The lowest BCUT2D eigenvalue weighted by Crippen LogP contribution is -2.48. The number of rotatable bonds is 4. The summed E-state index contributed by atoms with van der Waals surface area (Å²) in [5, 5.41) is 0.870. The number of piperazine rings is 1. The van der Waals surface area contributed by atoms with Crippen LogP contribution >= 0.6 is 23.4 Å². The van der Waals surface area contributed by atoms with Crippen molar-refractivity contribution in [2.45, 2.75) is 11.7 Å². The average molecular weight is 363 g/mol. The Morgan fingerprint density at radius 3 is 2.58 bits per heavy atom. The maximum atomic E-state index is 12.7. The van der Waals surface area contributed by atoms with Crippen molar-refractivity contribution in [1.29, 1.82) is 0 Å². The number of aromatic nitrogens is 2. The van der Waals surface area contributed by atoms with Gasteiger partial charge in [-0.15, -0.1) is 0 Å². The minimum Gasteiger partial charge on any atom is -0.335 e. The SMILES string of the molecule is CSc1ncc(Cl)c(C(=O)N2CCN(Cc3ccccc3)CC2)n1. The molecule has 1 aliphatic rings. The Labute approximate surface area is 151 Å². The lowest BCUT2D eigenvalue weighted by Gasteiger charge is -2.34. The number of benzene rings is 1. The maximum absolute atomic E-state index is 12.7. The molecule has 0 atom stereocenters. The van der Waals surface area contributed by atoms with Gasteiger partial charge in [0.2, 0.25) is 0 Å². The zero-order valence-electron chi connectivity index (χ0n) is 13.5. The van der Waals surface area contributed by atoms with Gasteiger partial charge in [-0.3, -0.25) is 9.69 Å². The molecular weight excluding hydrogens is 344 g/mol. The number of hydrogen-bond donors (Lipinski definition) is 0. The molecule has 1 aromatic heterocycles. The van der Waals surface area contributed by atoms with E-state index < -0.39 is 0 Å². The van der Waals surface area contributed by atoms with Crippen molar-refractivity contribution in [2.75, 3.05) is 32.4 Å². The largest absolute Gasteiger partial charge is 0.335 e. The highest BCUT2D eigenvalue weighted by Crippen LogP contribution is 2.19.